The van der Waals surface area contributed by atoms with E-state index in [-0.39, 0.29) is 22.5 Å². The average molecular weight is 482 g/mol. The van der Waals surface area contributed by atoms with E-state index in [9.17, 15) is 18.0 Å². The molecule has 0 radical (unpaired) electrons. The molecule has 0 saturated heterocycles. The molecule has 1 saturated carbocycles. The molecule has 1 aliphatic rings. The van der Waals surface area contributed by atoms with Crippen molar-refractivity contribution in [3.8, 4) is 17.1 Å². The predicted octanol–water partition coefficient (Wildman–Crippen LogP) is 7.04. The van der Waals surface area contributed by atoms with Crippen LogP contribution in [0.1, 0.15) is 75.6 Å². The molecule has 178 valence electrons. The van der Waals surface area contributed by atoms with Crippen LogP contribution in [0.3, 0.4) is 0 Å². The highest BCUT2D eigenvalue weighted by Crippen LogP contribution is 2.40. The molecule has 0 atom stereocenters. The molecule has 5 nitrogen and oxygen atoms in total. The Labute approximate surface area is 195 Å². The van der Waals surface area contributed by atoms with Crippen LogP contribution in [0.25, 0.3) is 16.9 Å². The second-order valence-corrected chi connectivity index (χ2v) is 9.10. The van der Waals surface area contributed by atoms with E-state index in [4.69, 9.17) is 16.7 Å². The molecule has 1 aromatic carbocycles. The minimum Gasteiger partial charge on any atom is -0.406 e. The van der Waals surface area contributed by atoms with E-state index in [0.29, 0.717) is 16.9 Å². The van der Waals surface area contributed by atoms with Gasteiger partial charge in [0.15, 0.2) is 5.82 Å². The Balaban J connectivity index is 1.90. The second kappa shape index (κ2) is 9.05. The summed E-state index contributed by atoms with van der Waals surface area (Å²) in [4.78, 5) is 13.8. The van der Waals surface area contributed by atoms with Crippen molar-refractivity contribution in [3.05, 3.63) is 50.9 Å². The molecular weight excluding hydrogens is 455 g/mol. The summed E-state index contributed by atoms with van der Waals surface area (Å²) in [6.07, 6.45) is 0.898. The van der Waals surface area contributed by atoms with Gasteiger partial charge in [-0.2, -0.15) is 0 Å². The van der Waals surface area contributed by atoms with Gasteiger partial charge in [-0.25, -0.2) is 4.52 Å². The van der Waals surface area contributed by atoms with E-state index >= 15 is 0 Å². The van der Waals surface area contributed by atoms with Crippen molar-refractivity contribution in [2.45, 2.75) is 77.6 Å². The van der Waals surface area contributed by atoms with Gasteiger partial charge in [-0.1, -0.05) is 38.3 Å². The minimum absolute atomic E-state index is 0.00558. The number of aryl methyl sites for hydroxylation is 1. The fourth-order valence-corrected chi connectivity index (χ4v) is 4.80. The van der Waals surface area contributed by atoms with Gasteiger partial charge in [-0.05, 0) is 68.4 Å². The monoisotopic (exact) mass is 481 g/mol. The van der Waals surface area contributed by atoms with E-state index < -0.39 is 12.1 Å². The zero-order valence-electron chi connectivity index (χ0n) is 18.9. The summed E-state index contributed by atoms with van der Waals surface area (Å²) in [5.41, 5.74) is 2.71. The first-order chi connectivity index (χ1) is 15.6. The van der Waals surface area contributed by atoms with Crippen molar-refractivity contribution in [3.63, 3.8) is 0 Å². The van der Waals surface area contributed by atoms with Crippen LogP contribution in [0.5, 0.6) is 5.75 Å². The largest absolute Gasteiger partial charge is 0.573 e. The smallest absolute Gasteiger partial charge is 0.406 e. The van der Waals surface area contributed by atoms with Crippen LogP contribution in [0.2, 0.25) is 5.02 Å². The number of fused-ring (bicyclic) bond motifs is 1. The molecule has 1 aliphatic carbocycles. The zero-order chi connectivity index (χ0) is 23.9. The number of ether oxygens (including phenoxy) is 1. The standard InChI is InChI=1S/C24H27ClF3N3O2/c1-4-6-15(7-5-2)19-12-14(3)31-21(19)23(32)30(16-8-9-16)22(29-31)18-11-10-17(13-20(18)25)33-24(26,27)28/h10-13,15-16H,4-9H2,1-3H3. The van der Waals surface area contributed by atoms with Crippen LogP contribution in [0.15, 0.2) is 29.1 Å². The summed E-state index contributed by atoms with van der Waals surface area (Å²) in [6.45, 7) is 6.19. The third-order valence-electron chi connectivity index (χ3n) is 6.07. The first kappa shape index (κ1) is 23.7. The molecule has 33 heavy (non-hydrogen) atoms. The Kier molecular flexibility index (Phi) is 6.49. The molecule has 1 fully saturated rings. The molecule has 3 aromatic rings. The summed E-state index contributed by atoms with van der Waals surface area (Å²) in [6, 6.07) is 5.76. The maximum absolute atomic E-state index is 13.8. The summed E-state index contributed by atoms with van der Waals surface area (Å²) in [7, 11) is 0. The van der Waals surface area contributed by atoms with Gasteiger partial charge in [-0.3, -0.25) is 9.36 Å². The van der Waals surface area contributed by atoms with Gasteiger partial charge in [0.1, 0.15) is 11.3 Å². The fourth-order valence-electron chi connectivity index (χ4n) is 4.54. The lowest BCUT2D eigenvalue weighted by Crippen LogP contribution is -2.26. The molecule has 0 spiro atoms. The Morgan fingerprint density at radius 3 is 2.39 bits per heavy atom. The van der Waals surface area contributed by atoms with Gasteiger partial charge < -0.3 is 4.74 Å². The quantitative estimate of drug-likeness (QED) is 0.346. The third-order valence-corrected chi connectivity index (χ3v) is 6.38. The highest BCUT2D eigenvalue weighted by Gasteiger charge is 2.33. The first-order valence-corrected chi connectivity index (χ1v) is 11.7. The molecule has 0 bridgehead atoms. The molecule has 2 heterocycles. The highest BCUT2D eigenvalue weighted by atomic mass is 35.5. The number of hydrogen-bond donors (Lipinski definition) is 0. The van der Waals surface area contributed by atoms with E-state index in [1.807, 2.05) is 13.0 Å². The van der Waals surface area contributed by atoms with Crippen LogP contribution < -0.4 is 10.3 Å². The van der Waals surface area contributed by atoms with Crippen molar-refractivity contribution < 1.29 is 17.9 Å². The number of benzene rings is 1. The average Bonchev–Trinajstić information content (AvgIpc) is 3.50. The minimum atomic E-state index is -4.82. The van der Waals surface area contributed by atoms with Crippen LogP contribution in [-0.4, -0.2) is 20.5 Å². The lowest BCUT2D eigenvalue weighted by atomic mass is 9.91. The van der Waals surface area contributed by atoms with Crippen molar-refractivity contribution in [1.82, 2.24) is 14.2 Å². The topological polar surface area (TPSA) is 48.5 Å². The lowest BCUT2D eigenvalue weighted by molar-refractivity contribution is -0.274. The summed E-state index contributed by atoms with van der Waals surface area (Å²) < 4.78 is 45.1. The maximum atomic E-state index is 13.8. The molecular formula is C24H27ClF3N3O2. The fraction of sp³-hybridized carbons (Fsp3) is 0.500. The van der Waals surface area contributed by atoms with Crippen LogP contribution in [0.4, 0.5) is 13.2 Å². The third kappa shape index (κ3) is 4.76. The Morgan fingerprint density at radius 1 is 1.18 bits per heavy atom. The van der Waals surface area contributed by atoms with Crippen molar-refractivity contribution in [2.24, 2.45) is 0 Å². The molecule has 2 aromatic heterocycles. The number of hydrogen-bond acceptors (Lipinski definition) is 3. The number of aromatic nitrogens is 3. The molecule has 0 N–H and O–H groups in total. The van der Waals surface area contributed by atoms with E-state index in [2.05, 4.69) is 18.6 Å². The van der Waals surface area contributed by atoms with Crippen molar-refractivity contribution in [2.75, 3.05) is 0 Å². The summed E-state index contributed by atoms with van der Waals surface area (Å²) in [5, 5.41) is 4.83. The number of rotatable bonds is 8. The lowest BCUT2D eigenvalue weighted by Gasteiger charge is -2.17. The van der Waals surface area contributed by atoms with Gasteiger partial charge in [0.25, 0.3) is 5.56 Å². The molecule has 0 aliphatic heterocycles. The number of alkyl halides is 3. The number of nitrogens with zero attached hydrogens (tertiary/aromatic N) is 3. The first-order valence-electron chi connectivity index (χ1n) is 11.3. The van der Waals surface area contributed by atoms with Gasteiger partial charge >= 0.3 is 6.36 Å². The zero-order valence-corrected chi connectivity index (χ0v) is 19.6. The molecule has 0 unspecified atom stereocenters. The predicted molar refractivity (Wildman–Crippen MR) is 122 cm³/mol. The summed E-state index contributed by atoms with van der Waals surface area (Å²) >= 11 is 6.36. The SMILES string of the molecule is CCCC(CCC)c1cc(C)n2nc(-c3ccc(OC(F)(F)F)cc3Cl)n(C3CC3)c(=O)c12. The van der Waals surface area contributed by atoms with Crippen LogP contribution in [-0.2, 0) is 0 Å². The maximum Gasteiger partial charge on any atom is 0.573 e. The Bertz CT molecular complexity index is 1220. The van der Waals surface area contributed by atoms with Gasteiger partial charge in [-0.15, -0.1) is 18.3 Å². The molecule has 0 amide bonds. The van der Waals surface area contributed by atoms with E-state index in [1.54, 1.807) is 9.08 Å². The second-order valence-electron chi connectivity index (χ2n) is 8.70. The van der Waals surface area contributed by atoms with Crippen molar-refractivity contribution >= 4 is 17.1 Å². The molecule has 9 heteroatoms. The van der Waals surface area contributed by atoms with Gasteiger partial charge in [0.2, 0.25) is 0 Å². The van der Waals surface area contributed by atoms with Crippen molar-refractivity contribution in [1.29, 1.82) is 0 Å². The van der Waals surface area contributed by atoms with Crippen LogP contribution in [0, 0.1) is 6.92 Å². The van der Waals surface area contributed by atoms with Gasteiger partial charge in [0, 0.05) is 17.3 Å². The van der Waals surface area contributed by atoms with Gasteiger partial charge in [0.05, 0.1) is 5.02 Å². The normalized spacial score (nSPS) is 14.4. The number of halogens is 4. The van der Waals surface area contributed by atoms with E-state index in [0.717, 1.165) is 55.8 Å². The molecule has 4 rings (SSSR count). The highest BCUT2D eigenvalue weighted by molar-refractivity contribution is 6.33. The Hall–Kier alpha value is -2.48. The van der Waals surface area contributed by atoms with E-state index in [1.165, 1.54) is 12.1 Å². The van der Waals surface area contributed by atoms with Crippen LogP contribution >= 0.6 is 11.6 Å². The Morgan fingerprint density at radius 2 is 1.85 bits per heavy atom. The summed E-state index contributed by atoms with van der Waals surface area (Å²) in [5.74, 6) is 0.212.